The van der Waals surface area contributed by atoms with Crippen LogP contribution in [-0.2, 0) is 0 Å². The summed E-state index contributed by atoms with van der Waals surface area (Å²) >= 11 is 0. The molecule has 1 nitrogen and oxygen atoms in total. The minimum absolute atomic E-state index is 1.06. The van der Waals surface area contributed by atoms with Gasteiger partial charge < -0.3 is 0 Å². The Hall–Kier alpha value is -2.67. The molecule has 0 unspecified atom stereocenters. The molecule has 4 rings (SSSR count). The van der Waals surface area contributed by atoms with Crippen molar-refractivity contribution in [1.29, 1.82) is 0 Å². The number of nitrogens with zero attached hydrogens (tertiary/aromatic N) is 1. The van der Waals surface area contributed by atoms with Gasteiger partial charge >= 0.3 is 0 Å². The van der Waals surface area contributed by atoms with Crippen LogP contribution in [0.5, 0.6) is 0 Å². The number of hydrogen-bond donors (Lipinski definition) is 0. The van der Waals surface area contributed by atoms with Crippen molar-refractivity contribution in [2.45, 2.75) is 20.8 Å². The molecular weight excluding hydrogens is 278 g/mol. The Morgan fingerprint density at radius 2 is 1.57 bits per heavy atom. The summed E-state index contributed by atoms with van der Waals surface area (Å²) in [6.07, 6.45) is 0. The summed E-state index contributed by atoms with van der Waals surface area (Å²) in [7, 11) is 0. The average Bonchev–Trinajstić information content (AvgIpc) is 2.53. The van der Waals surface area contributed by atoms with E-state index in [1.54, 1.807) is 0 Å². The molecule has 0 aliphatic heterocycles. The molecule has 0 aliphatic rings. The first kappa shape index (κ1) is 14.0. The predicted octanol–water partition coefficient (Wildman–Crippen LogP) is 5.98. The molecule has 0 radical (unpaired) electrons. The zero-order valence-electron chi connectivity index (χ0n) is 13.7. The Morgan fingerprint density at radius 3 is 2.43 bits per heavy atom. The second kappa shape index (κ2) is 5.20. The van der Waals surface area contributed by atoms with Crippen molar-refractivity contribution in [1.82, 2.24) is 4.98 Å². The summed E-state index contributed by atoms with van der Waals surface area (Å²) in [5.41, 5.74) is 7.18. The van der Waals surface area contributed by atoms with E-state index in [0.29, 0.717) is 0 Å². The molecule has 0 saturated carbocycles. The Morgan fingerprint density at radius 1 is 0.739 bits per heavy atom. The quantitative estimate of drug-likeness (QED) is 0.421. The number of fused-ring (bicyclic) bond motifs is 2. The molecule has 112 valence electrons. The molecule has 0 bridgehead atoms. The summed E-state index contributed by atoms with van der Waals surface area (Å²) in [5.74, 6) is 0. The van der Waals surface area contributed by atoms with Crippen molar-refractivity contribution in [2.75, 3.05) is 0 Å². The number of aromatic nitrogens is 1. The monoisotopic (exact) mass is 297 g/mol. The summed E-state index contributed by atoms with van der Waals surface area (Å²) in [5, 5.41) is 3.80. The molecule has 1 heteroatoms. The van der Waals surface area contributed by atoms with E-state index in [1.165, 1.54) is 38.4 Å². The standard InChI is InChI=1S/C22H19N/c1-14-11-17-8-4-5-9-18(17)19(12-14)21-13-16(3)22-15(2)7-6-10-20(22)23-21/h4-13H,1-3H3. The largest absolute Gasteiger partial charge is 0.248 e. The molecule has 4 aromatic rings. The average molecular weight is 297 g/mol. The van der Waals surface area contributed by atoms with Crippen molar-refractivity contribution in [3.63, 3.8) is 0 Å². The van der Waals surface area contributed by atoms with Crippen molar-refractivity contribution in [3.8, 4) is 11.3 Å². The Balaban J connectivity index is 2.07. The number of aryl methyl sites for hydroxylation is 3. The molecule has 0 spiro atoms. The lowest BCUT2D eigenvalue weighted by molar-refractivity contribution is 1.34. The van der Waals surface area contributed by atoms with Crippen molar-refractivity contribution < 1.29 is 0 Å². The van der Waals surface area contributed by atoms with Crippen LogP contribution in [0.3, 0.4) is 0 Å². The minimum Gasteiger partial charge on any atom is -0.248 e. The van der Waals surface area contributed by atoms with Gasteiger partial charge in [0, 0.05) is 10.9 Å². The van der Waals surface area contributed by atoms with Gasteiger partial charge in [-0.2, -0.15) is 0 Å². The highest BCUT2D eigenvalue weighted by molar-refractivity contribution is 5.98. The van der Waals surface area contributed by atoms with Crippen LogP contribution in [0.25, 0.3) is 32.9 Å². The fourth-order valence-electron chi connectivity index (χ4n) is 3.51. The zero-order valence-corrected chi connectivity index (χ0v) is 13.7. The van der Waals surface area contributed by atoms with E-state index >= 15 is 0 Å². The van der Waals surface area contributed by atoms with Crippen LogP contribution >= 0.6 is 0 Å². The van der Waals surface area contributed by atoms with Gasteiger partial charge in [-0.1, -0.05) is 42.5 Å². The Kier molecular flexibility index (Phi) is 3.16. The molecule has 0 aliphatic carbocycles. The van der Waals surface area contributed by atoms with Crippen LogP contribution < -0.4 is 0 Å². The van der Waals surface area contributed by atoms with E-state index < -0.39 is 0 Å². The van der Waals surface area contributed by atoms with Crippen LogP contribution in [0, 0.1) is 20.8 Å². The topological polar surface area (TPSA) is 12.9 Å². The predicted molar refractivity (Wildman–Crippen MR) is 98.9 cm³/mol. The summed E-state index contributed by atoms with van der Waals surface area (Å²) < 4.78 is 0. The van der Waals surface area contributed by atoms with Crippen LogP contribution in [0.1, 0.15) is 16.7 Å². The third kappa shape index (κ3) is 2.29. The second-order valence-electron chi connectivity index (χ2n) is 6.33. The zero-order chi connectivity index (χ0) is 16.0. The van der Waals surface area contributed by atoms with Crippen LogP contribution in [0.2, 0.25) is 0 Å². The summed E-state index contributed by atoms with van der Waals surface area (Å²) in [4.78, 5) is 4.96. The summed E-state index contributed by atoms with van der Waals surface area (Å²) in [6.45, 7) is 6.48. The molecule has 0 N–H and O–H groups in total. The van der Waals surface area contributed by atoms with Gasteiger partial charge in [0.15, 0.2) is 0 Å². The Labute approximate surface area is 136 Å². The highest BCUT2D eigenvalue weighted by atomic mass is 14.7. The minimum atomic E-state index is 1.06. The van der Waals surface area contributed by atoms with Gasteiger partial charge in [0.1, 0.15) is 0 Å². The number of rotatable bonds is 1. The van der Waals surface area contributed by atoms with Gasteiger partial charge in [0.05, 0.1) is 11.2 Å². The van der Waals surface area contributed by atoms with Gasteiger partial charge in [0.25, 0.3) is 0 Å². The molecule has 0 amide bonds. The van der Waals surface area contributed by atoms with Crippen LogP contribution in [-0.4, -0.2) is 4.98 Å². The summed E-state index contributed by atoms with van der Waals surface area (Å²) in [6, 6.07) is 21.6. The number of hydrogen-bond acceptors (Lipinski definition) is 1. The fourth-order valence-corrected chi connectivity index (χ4v) is 3.51. The van der Waals surface area contributed by atoms with E-state index in [9.17, 15) is 0 Å². The highest BCUT2D eigenvalue weighted by Gasteiger charge is 2.10. The van der Waals surface area contributed by atoms with Crippen LogP contribution in [0.4, 0.5) is 0 Å². The van der Waals surface area contributed by atoms with E-state index in [2.05, 4.69) is 81.4 Å². The molecule has 0 atom stereocenters. The van der Waals surface area contributed by atoms with E-state index in [0.717, 1.165) is 11.2 Å². The first-order chi connectivity index (χ1) is 11.1. The van der Waals surface area contributed by atoms with Gasteiger partial charge in [-0.15, -0.1) is 0 Å². The normalized spacial score (nSPS) is 11.3. The van der Waals surface area contributed by atoms with Gasteiger partial charge in [-0.05, 0) is 66.4 Å². The molecule has 0 saturated heterocycles. The first-order valence-corrected chi connectivity index (χ1v) is 8.00. The maximum atomic E-state index is 4.96. The molecule has 0 fully saturated rings. The van der Waals surface area contributed by atoms with Crippen molar-refractivity contribution in [2.24, 2.45) is 0 Å². The molecular formula is C22H19N. The molecule has 1 aromatic heterocycles. The molecule has 1 heterocycles. The van der Waals surface area contributed by atoms with E-state index in [1.807, 2.05) is 0 Å². The third-order valence-corrected chi connectivity index (χ3v) is 4.52. The number of pyridine rings is 1. The van der Waals surface area contributed by atoms with E-state index in [4.69, 9.17) is 4.98 Å². The van der Waals surface area contributed by atoms with Crippen molar-refractivity contribution in [3.05, 3.63) is 77.4 Å². The fraction of sp³-hybridized carbons (Fsp3) is 0.136. The van der Waals surface area contributed by atoms with Crippen LogP contribution in [0.15, 0.2) is 60.7 Å². The SMILES string of the molecule is Cc1cc(-c2cc(C)c3c(C)cccc3n2)c2ccccc2c1. The highest BCUT2D eigenvalue weighted by Crippen LogP contribution is 2.32. The number of benzene rings is 3. The smallest absolute Gasteiger partial charge is 0.0718 e. The third-order valence-electron chi connectivity index (χ3n) is 4.52. The van der Waals surface area contributed by atoms with E-state index in [-0.39, 0.29) is 0 Å². The van der Waals surface area contributed by atoms with Gasteiger partial charge in [-0.3, -0.25) is 0 Å². The second-order valence-corrected chi connectivity index (χ2v) is 6.33. The lowest BCUT2D eigenvalue weighted by atomic mass is 9.96. The Bertz CT molecular complexity index is 1040. The maximum absolute atomic E-state index is 4.96. The lowest BCUT2D eigenvalue weighted by Crippen LogP contribution is -1.92. The van der Waals surface area contributed by atoms with Gasteiger partial charge in [-0.25, -0.2) is 4.98 Å². The first-order valence-electron chi connectivity index (χ1n) is 8.00. The molecule has 3 aromatic carbocycles. The lowest BCUT2D eigenvalue weighted by Gasteiger charge is -2.12. The van der Waals surface area contributed by atoms with Crippen molar-refractivity contribution >= 4 is 21.7 Å². The maximum Gasteiger partial charge on any atom is 0.0718 e. The van der Waals surface area contributed by atoms with Gasteiger partial charge in [0.2, 0.25) is 0 Å². The molecule has 23 heavy (non-hydrogen) atoms.